The summed E-state index contributed by atoms with van der Waals surface area (Å²) in [6.45, 7) is 24.0. The number of aliphatic hydroxyl groups excluding tert-OH is 1. The average Bonchev–Trinajstić information content (AvgIpc) is 3.77. The smallest absolute Gasteiger partial charge is 0.305 e. The minimum Gasteiger partial charge on any atom is -0.481 e. The van der Waals surface area contributed by atoms with Gasteiger partial charge in [-0.15, -0.1) is 12.8 Å². The van der Waals surface area contributed by atoms with Crippen molar-refractivity contribution in [1.82, 2.24) is 20.4 Å². The number of imide groups is 1. The fraction of sp³-hybridized carbons (Fsp3) is 0.679. The molecule has 1 heterocycles. The lowest BCUT2D eigenvalue weighted by molar-refractivity contribution is -0.139. The van der Waals surface area contributed by atoms with Crippen molar-refractivity contribution >= 4 is 41.2 Å². The second-order valence-electron chi connectivity index (χ2n) is 16.4. The van der Waals surface area contributed by atoms with Crippen LogP contribution in [0.3, 0.4) is 0 Å². The van der Waals surface area contributed by atoms with E-state index in [0.717, 1.165) is 29.2 Å². The van der Waals surface area contributed by atoms with Crippen molar-refractivity contribution in [2.75, 3.05) is 158 Å². The Morgan fingerprint density at radius 3 is 1.51 bits per heavy atom. The standard InChI is InChI=1S/C30H43N5O8.C20H40O10.2C2H6.C2H2/c1-6-24(34(4)5)19-43-18-22-15-23(8-7-21(22)17-36)32-26(38)16-31-30(41)29(20(2)3)33-25(37)11-13-42-14-12-35-27(39)9-10-28(35)40;1-2-4-23-6-8-25-10-12-27-14-16-29-18-19-30-17-15-28-13-11-26-9-7-24-5-3-20(21)22;3*1-2/h6-10,15,20,29,36H,11-14,16-19H2,1-5H3,(H,31,41)(H,32,38)(H,33,37);2-19H2,1H3,(H,21,22);2*1-2H3;1-2H/b24-6-;;;;. The predicted octanol–water partition coefficient (Wildman–Crippen LogP) is 3.99. The minimum atomic E-state index is -0.872. The summed E-state index contributed by atoms with van der Waals surface area (Å²) in [5, 5.41) is 26.1. The maximum absolute atomic E-state index is 12.8. The average molecular weight is 1130 g/mol. The van der Waals surface area contributed by atoms with Crippen molar-refractivity contribution in [3.05, 3.63) is 53.3 Å². The maximum atomic E-state index is 12.8. The Balaban J connectivity index is -0.00000141. The Bertz CT molecular complexity index is 1800. The van der Waals surface area contributed by atoms with Crippen LogP contribution < -0.4 is 16.0 Å². The van der Waals surface area contributed by atoms with Gasteiger partial charge in [-0.25, -0.2) is 0 Å². The molecule has 1 aliphatic rings. The van der Waals surface area contributed by atoms with E-state index in [2.05, 4.69) is 35.7 Å². The largest absolute Gasteiger partial charge is 0.481 e. The number of allylic oxidation sites excluding steroid dienone is 1. The third kappa shape index (κ3) is 44.1. The topological polar surface area (TPSA) is 278 Å². The fourth-order valence-electron chi connectivity index (χ4n) is 6.01. The van der Waals surface area contributed by atoms with Gasteiger partial charge in [0.1, 0.15) is 6.04 Å². The molecule has 1 unspecified atom stereocenters. The van der Waals surface area contributed by atoms with Crippen molar-refractivity contribution in [3.63, 3.8) is 0 Å². The highest BCUT2D eigenvalue weighted by molar-refractivity contribution is 6.12. The number of carbonyl (C=O) groups is 6. The Morgan fingerprint density at radius 1 is 0.646 bits per heavy atom. The number of aliphatic hydroxyl groups is 1. The van der Waals surface area contributed by atoms with Crippen LogP contribution in [0.4, 0.5) is 5.69 Å². The summed E-state index contributed by atoms with van der Waals surface area (Å²) >= 11 is 0. The SMILES string of the molecule is C#C.C/C=C(/COCc1cc(NC(=O)CNC(=O)C(NC(=O)CCOCCN2C(=O)C=CC2=O)C(C)C)ccc1CO)N(C)C.CC.CC.CCCOCCOCCOCCOCCOCCOCCOCCOCCC(=O)O. The van der Waals surface area contributed by atoms with Crippen LogP contribution in [0.1, 0.15) is 85.8 Å². The summed E-state index contributed by atoms with van der Waals surface area (Å²) in [5.74, 6) is -3.32. The van der Waals surface area contributed by atoms with Crippen LogP contribution in [0.5, 0.6) is 0 Å². The maximum Gasteiger partial charge on any atom is 0.305 e. The molecule has 0 radical (unpaired) electrons. The molecule has 5 amide bonds. The fourth-order valence-corrected chi connectivity index (χ4v) is 6.01. The van der Waals surface area contributed by atoms with E-state index >= 15 is 0 Å². The molecule has 1 aliphatic heterocycles. The van der Waals surface area contributed by atoms with Gasteiger partial charge < -0.3 is 78.4 Å². The van der Waals surface area contributed by atoms with Gasteiger partial charge in [0.2, 0.25) is 17.7 Å². The number of hydrogen-bond donors (Lipinski definition) is 5. The lowest BCUT2D eigenvalue weighted by Crippen LogP contribution is -2.51. The van der Waals surface area contributed by atoms with Gasteiger partial charge in [-0.2, -0.15) is 0 Å². The summed E-state index contributed by atoms with van der Waals surface area (Å²) in [6.07, 6.45) is 13.3. The third-order valence-corrected chi connectivity index (χ3v) is 10.0. The van der Waals surface area contributed by atoms with Gasteiger partial charge in [0, 0.05) is 50.7 Å². The number of carboxylic acid groups (broad SMARTS) is 1. The molecule has 0 aliphatic carbocycles. The van der Waals surface area contributed by atoms with Crippen LogP contribution in [0.2, 0.25) is 0 Å². The number of amides is 5. The van der Waals surface area contributed by atoms with E-state index < -0.39 is 41.5 Å². The first-order valence-corrected chi connectivity index (χ1v) is 27.0. The van der Waals surface area contributed by atoms with Crippen LogP contribution in [-0.4, -0.2) is 214 Å². The van der Waals surface area contributed by atoms with E-state index in [4.69, 9.17) is 52.5 Å². The number of aliphatic carboxylic acids is 1. The van der Waals surface area contributed by atoms with E-state index in [9.17, 15) is 33.9 Å². The van der Waals surface area contributed by atoms with Crippen LogP contribution in [-0.2, 0) is 89.3 Å². The Morgan fingerprint density at radius 2 is 1.09 bits per heavy atom. The van der Waals surface area contributed by atoms with E-state index in [1.54, 1.807) is 32.0 Å². The lowest BCUT2D eigenvalue weighted by atomic mass is 10.0. The number of likely N-dealkylation sites (N-methyl/N-ethyl adjacent to an activating group) is 1. The van der Waals surface area contributed by atoms with Gasteiger partial charge in [-0.3, -0.25) is 33.7 Å². The van der Waals surface area contributed by atoms with Crippen molar-refractivity contribution < 1.29 is 86.3 Å². The molecule has 0 spiro atoms. The quantitative estimate of drug-likeness (QED) is 0.0351. The number of rotatable bonds is 44. The van der Waals surface area contributed by atoms with Gasteiger partial charge in [0.25, 0.3) is 11.8 Å². The summed E-state index contributed by atoms with van der Waals surface area (Å²) in [4.78, 5) is 74.1. The van der Waals surface area contributed by atoms with E-state index in [1.807, 2.05) is 59.7 Å². The second kappa shape index (κ2) is 55.9. The number of terminal acetylenes is 1. The molecule has 0 saturated carbocycles. The molecule has 0 bridgehead atoms. The zero-order valence-electron chi connectivity index (χ0n) is 49.0. The lowest BCUT2D eigenvalue weighted by Gasteiger charge is -2.22. The number of nitrogens with one attached hydrogen (secondary N) is 3. The first-order chi connectivity index (χ1) is 38.2. The molecule has 0 aromatic heterocycles. The van der Waals surface area contributed by atoms with Gasteiger partial charge in [0.05, 0.1) is 152 Å². The van der Waals surface area contributed by atoms with Gasteiger partial charge in [-0.1, -0.05) is 60.6 Å². The second-order valence-corrected chi connectivity index (χ2v) is 16.4. The molecule has 5 N–H and O–H groups in total. The highest BCUT2D eigenvalue weighted by Crippen LogP contribution is 2.18. The highest BCUT2D eigenvalue weighted by atomic mass is 16.6. The van der Waals surface area contributed by atoms with Crippen molar-refractivity contribution in [1.29, 1.82) is 0 Å². The summed E-state index contributed by atoms with van der Waals surface area (Å²) < 4.78 is 53.8. The minimum absolute atomic E-state index is 0.00711. The first-order valence-electron chi connectivity index (χ1n) is 27.0. The van der Waals surface area contributed by atoms with E-state index in [-0.39, 0.29) is 64.9 Å². The van der Waals surface area contributed by atoms with Crippen LogP contribution in [0.25, 0.3) is 0 Å². The van der Waals surface area contributed by atoms with Crippen LogP contribution in [0.15, 0.2) is 42.1 Å². The number of nitrogens with zero attached hydrogens (tertiary/aromatic N) is 2. The highest BCUT2D eigenvalue weighted by Gasteiger charge is 2.25. The monoisotopic (exact) mass is 1130 g/mol. The number of carboxylic acids is 1. The molecule has 79 heavy (non-hydrogen) atoms. The van der Waals surface area contributed by atoms with Crippen molar-refractivity contribution in [3.8, 4) is 12.8 Å². The molecule has 1 aromatic rings. The molecular formula is C56H97N5O18. The third-order valence-electron chi connectivity index (χ3n) is 10.0. The number of ether oxygens (including phenoxy) is 10. The molecular weight excluding hydrogens is 1030 g/mol. The summed E-state index contributed by atoms with van der Waals surface area (Å²) in [7, 11) is 3.85. The first kappa shape index (κ1) is 77.9. The van der Waals surface area contributed by atoms with Gasteiger partial charge in [0.15, 0.2) is 0 Å². The Labute approximate surface area is 470 Å². The molecule has 23 heteroatoms. The zero-order valence-corrected chi connectivity index (χ0v) is 49.0. The molecule has 0 fully saturated rings. The predicted molar refractivity (Wildman–Crippen MR) is 301 cm³/mol. The Kier molecular flexibility index (Phi) is 55.1. The van der Waals surface area contributed by atoms with Gasteiger partial charge in [-0.05, 0) is 42.5 Å². The van der Waals surface area contributed by atoms with Crippen molar-refractivity contribution in [2.45, 2.75) is 93.9 Å². The van der Waals surface area contributed by atoms with E-state index in [1.165, 1.54) is 12.2 Å². The zero-order chi connectivity index (χ0) is 59.9. The number of hydrogen-bond acceptors (Lipinski definition) is 18. The molecule has 454 valence electrons. The number of benzene rings is 1. The van der Waals surface area contributed by atoms with Gasteiger partial charge >= 0.3 is 5.97 Å². The van der Waals surface area contributed by atoms with Crippen molar-refractivity contribution in [2.24, 2.45) is 5.92 Å². The number of anilines is 1. The number of carbonyl (C=O) groups excluding carboxylic acids is 5. The molecule has 1 aromatic carbocycles. The Hall–Kier alpha value is -5.36. The molecule has 23 nitrogen and oxygen atoms in total. The molecule has 0 saturated heterocycles. The van der Waals surface area contributed by atoms with Crippen LogP contribution in [0, 0.1) is 18.8 Å². The summed E-state index contributed by atoms with van der Waals surface area (Å²) in [6, 6.07) is 4.20. The normalized spacial score (nSPS) is 12.0. The van der Waals surface area contributed by atoms with E-state index in [0.29, 0.717) is 110 Å². The summed E-state index contributed by atoms with van der Waals surface area (Å²) in [5.41, 5.74) is 2.88. The molecule has 2 rings (SSSR count). The molecule has 1 atom stereocenters. The van der Waals surface area contributed by atoms with Crippen LogP contribution >= 0.6 is 0 Å².